The molecule has 0 radical (unpaired) electrons. The summed E-state index contributed by atoms with van der Waals surface area (Å²) < 4.78 is 17.9. The van der Waals surface area contributed by atoms with Gasteiger partial charge in [-0.3, -0.25) is 4.79 Å². The molecule has 0 N–H and O–H groups in total. The highest BCUT2D eigenvalue weighted by Crippen LogP contribution is 2.19. The van der Waals surface area contributed by atoms with Crippen LogP contribution in [-0.2, 0) is 0 Å². The average Bonchev–Trinajstić information content (AvgIpc) is 2.26. The monoisotopic (exact) mass is 230 g/mol. The van der Waals surface area contributed by atoms with Crippen LogP contribution in [0, 0.1) is 5.82 Å². The van der Waals surface area contributed by atoms with E-state index in [1.807, 2.05) is 0 Å². The lowest BCUT2D eigenvalue weighted by molar-refractivity contribution is 0.0985. The highest BCUT2D eigenvalue weighted by Gasteiger charge is 2.16. The minimum Gasteiger partial charge on any atom is -0.497 e. The van der Waals surface area contributed by atoms with Crippen molar-refractivity contribution < 1.29 is 13.9 Å². The van der Waals surface area contributed by atoms with Gasteiger partial charge in [0, 0.05) is 11.6 Å². The number of Topliss-reactive ketones (excluding diaryl/α,β-unsaturated/α-hetero) is 1. The van der Waals surface area contributed by atoms with Crippen LogP contribution in [0.1, 0.15) is 23.7 Å². The van der Waals surface area contributed by atoms with Gasteiger partial charge in [0.15, 0.2) is 5.78 Å². The number of alkyl halides is 1. The van der Waals surface area contributed by atoms with Crippen molar-refractivity contribution in [2.24, 2.45) is 0 Å². The summed E-state index contributed by atoms with van der Waals surface area (Å²) in [5.41, 5.74) is 0.244. The Hall–Kier alpha value is -1.09. The molecular formula is C11H12ClFO2. The number of hydrogen-bond donors (Lipinski definition) is 0. The van der Waals surface area contributed by atoms with Gasteiger partial charge in [0.05, 0.1) is 12.5 Å². The molecule has 0 aliphatic heterocycles. The summed E-state index contributed by atoms with van der Waals surface area (Å²) in [6.07, 6.45) is 0.513. The van der Waals surface area contributed by atoms with Crippen molar-refractivity contribution in [1.82, 2.24) is 0 Å². The van der Waals surface area contributed by atoms with E-state index >= 15 is 0 Å². The Morgan fingerprint density at radius 1 is 1.53 bits per heavy atom. The molecule has 4 heteroatoms. The lowest BCUT2D eigenvalue weighted by atomic mass is 10.1. The number of halogens is 2. The maximum atomic E-state index is 13.1. The van der Waals surface area contributed by atoms with E-state index in [-0.39, 0.29) is 11.3 Å². The number of hydrogen-bond acceptors (Lipinski definition) is 2. The van der Waals surface area contributed by atoms with Gasteiger partial charge >= 0.3 is 0 Å². The third kappa shape index (κ3) is 2.93. The Kier molecular flexibility index (Phi) is 4.09. The standard InChI is InChI=1S/C11H12ClFO2/c1-3-10(12)11(14)7-4-8(13)6-9(5-7)15-2/h4-6,10H,3H2,1-2H3. The van der Waals surface area contributed by atoms with E-state index in [4.69, 9.17) is 16.3 Å². The van der Waals surface area contributed by atoms with Crippen LogP contribution in [0.3, 0.4) is 0 Å². The molecule has 2 nitrogen and oxygen atoms in total. The molecule has 82 valence electrons. The molecule has 0 saturated heterocycles. The predicted molar refractivity (Wildman–Crippen MR) is 57.2 cm³/mol. The zero-order chi connectivity index (χ0) is 11.4. The SMILES string of the molecule is CCC(Cl)C(=O)c1cc(F)cc(OC)c1. The second kappa shape index (κ2) is 5.12. The maximum Gasteiger partial charge on any atom is 0.180 e. The van der Waals surface area contributed by atoms with Gasteiger partial charge in [-0.05, 0) is 18.6 Å². The largest absolute Gasteiger partial charge is 0.497 e. The minimum absolute atomic E-state index is 0.244. The number of carbonyl (C=O) groups is 1. The summed E-state index contributed by atoms with van der Waals surface area (Å²) >= 11 is 5.79. The molecule has 0 amide bonds. The second-order valence-corrected chi connectivity index (χ2v) is 3.65. The molecular weight excluding hydrogens is 219 g/mol. The molecule has 15 heavy (non-hydrogen) atoms. The smallest absolute Gasteiger partial charge is 0.180 e. The van der Waals surface area contributed by atoms with Crippen LogP contribution in [0.5, 0.6) is 5.75 Å². The first-order chi connectivity index (χ1) is 7.08. The molecule has 1 rings (SSSR count). The first-order valence-electron chi connectivity index (χ1n) is 4.61. The topological polar surface area (TPSA) is 26.3 Å². The van der Waals surface area contributed by atoms with E-state index in [2.05, 4.69) is 0 Å². The molecule has 0 aliphatic carbocycles. The fourth-order valence-electron chi connectivity index (χ4n) is 1.19. The molecule has 0 fully saturated rings. The molecule has 1 aromatic carbocycles. The second-order valence-electron chi connectivity index (χ2n) is 3.12. The molecule has 1 aromatic rings. The van der Waals surface area contributed by atoms with Gasteiger partial charge in [-0.2, -0.15) is 0 Å². The summed E-state index contributed by atoms with van der Waals surface area (Å²) in [5.74, 6) is -0.465. The van der Waals surface area contributed by atoms with Crippen molar-refractivity contribution >= 4 is 17.4 Å². The predicted octanol–water partition coefficient (Wildman–Crippen LogP) is 3.03. The third-order valence-corrected chi connectivity index (χ3v) is 2.54. The highest BCUT2D eigenvalue weighted by atomic mass is 35.5. The summed E-state index contributed by atoms with van der Waals surface area (Å²) in [6.45, 7) is 1.80. The van der Waals surface area contributed by atoms with Gasteiger partial charge in [0.2, 0.25) is 0 Å². The molecule has 0 heterocycles. The zero-order valence-corrected chi connectivity index (χ0v) is 9.34. The summed E-state index contributed by atoms with van der Waals surface area (Å²) in [4.78, 5) is 11.6. The maximum absolute atomic E-state index is 13.1. The van der Waals surface area contributed by atoms with E-state index in [0.717, 1.165) is 6.07 Å². The Labute approximate surface area is 93.0 Å². The Morgan fingerprint density at radius 3 is 2.73 bits per heavy atom. The van der Waals surface area contributed by atoms with Crippen LogP contribution in [0.25, 0.3) is 0 Å². The third-order valence-electron chi connectivity index (χ3n) is 2.03. The van der Waals surface area contributed by atoms with Gasteiger partial charge in [-0.1, -0.05) is 6.92 Å². The molecule has 1 unspecified atom stereocenters. The van der Waals surface area contributed by atoms with E-state index in [1.165, 1.54) is 19.2 Å². The van der Waals surface area contributed by atoms with Crippen molar-refractivity contribution in [2.45, 2.75) is 18.7 Å². The molecule has 0 saturated carbocycles. The molecule has 1 atom stereocenters. The minimum atomic E-state index is -0.614. The van der Waals surface area contributed by atoms with E-state index in [0.29, 0.717) is 12.2 Å². The fourth-order valence-corrected chi connectivity index (χ4v) is 1.32. The zero-order valence-electron chi connectivity index (χ0n) is 8.59. The average molecular weight is 231 g/mol. The van der Waals surface area contributed by atoms with Crippen molar-refractivity contribution in [3.63, 3.8) is 0 Å². The molecule has 0 bridgehead atoms. The van der Waals surface area contributed by atoms with Crippen molar-refractivity contribution in [2.75, 3.05) is 7.11 Å². The lowest BCUT2D eigenvalue weighted by Gasteiger charge is -2.07. The van der Waals surface area contributed by atoms with Crippen LogP contribution in [-0.4, -0.2) is 18.3 Å². The Morgan fingerprint density at radius 2 is 2.20 bits per heavy atom. The molecule has 0 spiro atoms. The van der Waals surface area contributed by atoms with Crippen molar-refractivity contribution in [3.05, 3.63) is 29.6 Å². The number of ketones is 1. The van der Waals surface area contributed by atoms with Crippen LogP contribution in [0.2, 0.25) is 0 Å². The van der Waals surface area contributed by atoms with Gasteiger partial charge in [0.25, 0.3) is 0 Å². The van der Waals surface area contributed by atoms with Crippen LogP contribution in [0.15, 0.2) is 18.2 Å². The van der Waals surface area contributed by atoms with Crippen LogP contribution >= 0.6 is 11.6 Å². The Bertz CT molecular complexity index is 366. The fraction of sp³-hybridized carbons (Fsp3) is 0.364. The Balaban J connectivity index is 3.03. The summed E-state index contributed by atoms with van der Waals surface area (Å²) in [7, 11) is 1.42. The normalized spacial score (nSPS) is 12.3. The van der Waals surface area contributed by atoms with E-state index in [9.17, 15) is 9.18 Å². The van der Waals surface area contributed by atoms with E-state index in [1.54, 1.807) is 6.92 Å². The van der Waals surface area contributed by atoms with Gasteiger partial charge < -0.3 is 4.74 Å². The number of benzene rings is 1. The number of carbonyl (C=O) groups excluding carboxylic acids is 1. The number of rotatable bonds is 4. The molecule has 0 aliphatic rings. The molecule has 0 aromatic heterocycles. The lowest BCUT2D eigenvalue weighted by Crippen LogP contribution is -2.13. The number of ether oxygens (including phenoxy) is 1. The van der Waals surface area contributed by atoms with Gasteiger partial charge in [-0.15, -0.1) is 11.6 Å². The number of methoxy groups -OCH3 is 1. The quantitative estimate of drug-likeness (QED) is 0.587. The first-order valence-corrected chi connectivity index (χ1v) is 5.05. The highest BCUT2D eigenvalue weighted by molar-refractivity contribution is 6.33. The van der Waals surface area contributed by atoms with Crippen LogP contribution < -0.4 is 4.74 Å². The summed E-state index contributed by atoms with van der Waals surface area (Å²) in [5, 5.41) is -0.614. The summed E-state index contributed by atoms with van der Waals surface area (Å²) in [6, 6.07) is 3.86. The van der Waals surface area contributed by atoms with Crippen LogP contribution in [0.4, 0.5) is 4.39 Å². The van der Waals surface area contributed by atoms with Crippen molar-refractivity contribution in [1.29, 1.82) is 0 Å². The first kappa shape index (κ1) is 12.0. The van der Waals surface area contributed by atoms with E-state index < -0.39 is 11.2 Å². The van der Waals surface area contributed by atoms with Gasteiger partial charge in [0.1, 0.15) is 11.6 Å². The van der Waals surface area contributed by atoms with Gasteiger partial charge in [-0.25, -0.2) is 4.39 Å². The van der Waals surface area contributed by atoms with Crippen molar-refractivity contribution in [3.8, 4) is 5.75 Å².